The van der Waals surface area contributed by atoms with Crippen molar-refractivity contribution in [2.24, 2.45) is 0 Å². The van der Waals surface area contributed by atoms with Crippen molar-refractivity contribution in [1.29, 1.82) is 5.26 Å². The van der Waals surface area contributed by atoms with E-state index in [1.165, 1.54) is 22.3 Å². The molecule has 0 N–H and O–H groups in total. The largest absolute Gasteiger partial charge is 0.208 e. The molecule has 1 aliphatic carbocycles. The van der Waals surface area contributed by atoms with Crippen LogP contribution in [0.25, 0.3) is 78.7 Å². The SMILES string of the molecule is CC1(C)c2ccc(C#N)cc2-c2cc(-c3ccc(-c4cccc(-c5nc(-c6ccccc6)nc(-c6ccc(-c7ccccc7)cc6)n5)c4)cc3)ccc21. The molecular weight excluding hydrogens is 645 g/mol. The third-order valence-corrected chi connectivity index (χ3v) is 10.4. The van der Waals surface area contributed by atoms with Crippen LogP contribution in [0.5, 0.6) is 0 Å². The number of aromatic nitrogens is 3. The number of fused-ring (bicyclic) bond motifs is 3. The van der Waals surface area contributed by atoms with E-state index in [9.17, 15) is 5.26 Å². The highest BCUT2D eigenvalue weighted by molar-refractivity contribution is 5.85. The van der Waals surface area contributed by atoms with Gasteiger partial charge < -0.3 is 0 Å². The molecule has 1 aliphatic rings. The van der Waals surface area contributed by atoms with Gasteiger partial charge in [-0.25, -0.2) is 15.0 Å². The Morgan fingerprint density at radius 3 is 1.38 bits per heavy atom. The van der Waals surface area contributed by atoms with Crippen LogP contribution in [0, 0.1) is 11.3 Å². The molecule has 0 saturated carbocycles. The average molecular weight is 679 g/mol. The smallest absolute Gasteiger partial charge is 0.164 e. The predicted octanol–water partition coefficient (Wildman–Crippen LogP) is 12.1. The lowest BCUT2D eigenvalue weighted by Gasteiger charge is -2.21. The van der Waals surface area contributed by atoms with Gasteiger partial charge in [-0.1, -0.05) is 159 Å². The van der Waals surface area contributed by atoms with E-state index >= 15 is 0 Å². The van der Waals surface area contributed by atoms with Gasteiger partial charge in [0.1, 0.15) is 0 Å². The fraction of sp³-hybridized carbons (Fsp3) is 0.0612. The van der Waals surface area contributed by atoms with Crippen molar-refractivity contribution in [2.45, 2.75) is 19.3 Å². The molecule has 9 rings (SSSR count). The minimum atomic E-state index is -0.111. The number of nitrogens with zero attached hydrogens (tertiary/aromatic N) is 4. The zero-order valence-corrected chi connectivity index (χ0v) is 29.5. The lowest BCUT2D eigenvalue weighted by atomic mass is 9.82. The lowest BCUT2D eigenvalue weighted by molar-refractivity contribution is 0.660. The zero-order chi connectivity index (χ0) is 35.9. The van der Waals surface area contributed by atoms with Gasteiger partial charge in [0, 0.05) is 22.1 Å². The molecule has 4 heteroatoms. The molecule has 0 spiro atoms. The van der Waals surface area contributed by atoms with Crippen LogP contribution >= 0.6 is 0 Å². The highest BCUT2D eigenvalue weighted by Gasteiger charge is 2.35. The van der Waals surface area contributed by atoms with Gasteiger partial charge in [0.15, 0.2) is 17.5 Å². The number of hydrogen-bond acceptors (Lipinski definition) is 4. The molecule has 8 aromatic rings. The molecule has 0 saturated heterocycles. The van der Waals surface area contributed by atoms with Crippen molar-refractivity contribution in [2.75, 3.05) is 0 Å². The van der Waals surface area contributed by atoms with Crippen LogP contribution in [0.15, 0.2) is 170 Å². The molecule has 0 atom stereocenters. The van der Waals surface area contributed by atoms with Crippen LogP contribution in [-0.4, -0.2) is 15.0 Å². The quantitative estimate of drug-likeness (QED) is 0.176. The Bertz CT molecular complexity index is 2670. The summed E-state index contributed by atoms with van der Waals surface area (Å²) in [4.78, 5) is 14.9. The third kappa shape index (κ3) is 5.89. The van der Waals surface area contributed by atoms with E-state index in [0.717, 1.165) is 50.1 Å². The molecular formula is C49H34N4. The van der Waals surface area contributed by atoms with Gasteiger partial charge in [0.2, 0.25) is 0 Å². The minimum absolute atomic E-state index is 0.111. The van der Waals surface area contributed by atoms with Crippen LogP contribution in [0.4, 0.5) is 0 Å². The maximum absolute atomic E-state index is 9.58. The summed E-state index contributed by atoms with van der Waals surface area (Å²) in [5.41, 5.74) is 15.1. The summed E-state index contributed by atoms with van der Waals surface area (Å²) in [6, 6.07) is 61.1. The number of benzene rings is 7. The maximum Gasteiger partial charge on any atom is 0.164 e. The molecule has 0 radical (unpaired) electrons. The molecule has 1 aromatic heterocycles. The standard InChI is InChI=1S/C49H34N4/c1-49(2)44-26-16-32(31-50)28-42(44)43-30-40(25-27-45(43)49)36-19-17-35(18-20-36)39-14-9-15-41(29-39)48-52-46(37-12-7-4-8-13-37)51-47(53-48)38-23-21-34(22-24-38)33-10-5-3-6-11-33/h3-30H,1-2H3. The van der Waals surface area contributed by atoms with E-state index in [1.54, 1.807) is 0 Å². The van der Waals surface area contributed by atoms with Crippen LogP contribution in [0.2, 0.25) is 0 Å². The Labute approximate surface area is 309 Å². The molecule has 7 aromatic carbocycles. The highest BCUT2D eigenvalue weighted by Crippen LogP contribution is 2.50. The van der Waals surface area contributed by atoms with Gasteiger partial charge in [0.05, 0.1) is 11.6 Å². The van der Waals surface area contributed by atoms with Crippen LogP contribution in [0.3, 0.4) is 0 Å². The molecule has 1 heterocycles. The first-order chi connectivity index (χ1) is 25.9. The number of nitriles is 1. The molecule has 53 heavy (non-hydrogen) atoms. The molecule has 250 valence electrons. The van der Waals surface area contributed by atoms with Crippen molar-refractivity contribution >= 4 is 0 Å². The zero-order valence-electron chi connectivity index (χ0n) is 29.5. The van der Waals surface area contributed by atoms with Crippen LogP contribution in [-0.2, 0) is 5.41 Å². The highest BCUT2D eigenvalue weighted by atomic mass is 15.0. The van der Waals surface area contributed by atoms with Gasteiger partial charge in [-0.3, -0.25) is 0 Å². The topological polar surface area (TPSA) is 62.5 Å². The van der Waals surface area contributed by atoms with Gasteiger partial charge in [-0.05, 0) is 79.9 Å². The number of rotatable bonds is 6. The first-order valence-electron chi connectivity index (χ1n) is 17.8. The summed E-state index contributed by atoms with van der Waals surface area (Å²) in [6.07, 6.45) is 0. The van der Waals surface area contributed by atoms with E-state index in [1.807, 2.05) is 48.5 Å². The van der Waals surface area contributed by atoms with Crippen molar-refractivity contribution in [3.05, 3.63) is 187 Å². The maximum atomic E-state index is 9.58. The van der Waals surface area contributed by atoms with Gasteiger partial charge in [-0.15, -0.1) is 0 Å². The Morgan fingerprint density at radius 2 is 0.774 bits per heavy atom. The second-order valence-electron chi connectivity index (χ2n) is 14.0. The van der Waals surface area contributed by atoms with Crippen molar-refractivity contribution in [1.82, 2.24) is 15.0 Å². The average Bonchev–Trinajstić information content (AvgIpc) is 3.46. The molecule has 4 nitrogen and oxygen atoms in total. The summed E-state index contributed by atoms with van der Waals surface area (Å²) < 4.78 is 0. The number of hydrogen-bond donors (Lipinski definition) is 0. The lowest BCUT2D eigenvalue weighted by Crippen LogP contribution is -2.14. The molecule has 0 aliphatic heterocycles. The van der Waals surface area contributed by atoms with E-state index in [0.29, 0.717) is 23.0 Å². The summed E-state index contributed by atoms with van der Waals surface area (Å²) in [6.45, 7) is 4.52. The summed E-state index contributed by atoms with van der Waals surface area (Å²) in [5, 5.41) is 9.58. The summed E-state index contributed by atoms with van der Waals surface area (Å²) >= 11 is 0. The van der Waals surface area contributed by atoms with Crippen molar-refractivity contribution in [3.8, 4) is 84.7 Å². The van der Waals surface area contributed by atoms with E-state index in [-0.39, 0.29) is 5.41 Å². The molecule has 0 fully saturated rings. The van der Waals surface area contributed by atoms with E-state index in [2.05, 4.69) is 141 Å². The monoisotopic (exact) mass is 678 g/mol. The Morgan fingerprint density at radius 1 is 0.377 bits per heavy atom. The summed E-state index contributed by atoms with van der Waals surface area (Å²) in [7, 11) is 0. The summed E-state index contributed by atoms with van der Waals surface area (Å²) in [5.74, 6) is 1.89. The minimum Gasteiger partial charge on any atom is -0.208 e. The van der Waals surface area contributed by atoms with E-state index < -0.39 is 0 Å². The van der Waals surface area contributed by atoms with Crippen molar-refractivity contribution in [3.63, 3.8) is 0 Å². The van der Waals surface area contributed by atoms with Gasteiger partial charge in [0.25, 0.3) is 0 Å². The Hall–Kier alpha value is -6.96. The van der Waals surface area contributed by atoms with Crippen LogP contribution in [0.1, 0.15) is 30.5 Å². The molecule has 0 bridgehead atoms. The first-order valence-corrected chi connectivity index (χ1v) is 17.8. The first kappa shape index (κ1) is 32.0. The molecule has 0 amide bonds. The fourth-order valence-electron chi connectivity index (χ4n) is 7.50. The van der Waals surface area contributed by atoms with Crippen LogP contribution < -0.4 is 0 Å². The normalized spacial score (nSPS) is 12.5. The van der Waals surface area contributed by atoms with E-state index in [4.69, 9.17) is 15.0 Å². The fourth-order valence-corrected chi connectivity index (χ4v) is 7.50. The third-order valence-electron chi connectivity index (χ3n) is 10.4. The second-order valence-corrected chi connectivity index (χ2v) is 14.0. The Kier molecular flexibility index (Phi) is 7.83. The van der Waals surface area contributed by atoms with Crippen molar-refractivity contribution < 1.29 is 0 Å². The van der Waals surface area contributed by atoms with Gasteiger partial charge in [-0.2, -0.15) is 5.26 Å². The second kappa shape index (κ2) is 13.0. The predicted molar refractivity (Wildman–Crippen MR) is 215 cm³/mol. The Balaban J connectivity index is 1.05. The molecule has 0 unspecified atom stereocenters. The van der Waals surface area contributed by atoms with Gasteiger partial charge >= 0.3 is 0 Å².